The van der Waals surface area contributed by atoms with Crippen molar-refractivity contribution in [3.63, 3.8) is 0 Å². The smallest absolute Gasteiger partial charge is 0.276 e. The molecule has 9 nitrogen and oxygen atoms in total. The third kappa shape index (κ3) is 4.31. The van der Waals surface area contributed by atoms with Crippen molar-refractivity contribution in [1.29, 1.82) is 0 Å². The second-order valence-electron chi connectivity index (χ2n) is 9.54. The van der Waals surface area contributed by atoms with Gasteiger partial charge < -0.3 is 9.80 Å². The van der Waals surface area contributed by atoms with Gasteiger partial charge in [0.1, 0.15) is 5.69 Å². The maximum absolute atomic E-state index is 13.2. The predicted octanol–water partition coefficient (Wildman–Crippen LogP) is 3.62. The molecule has 4 heterocycles. The molecule has 0 N–H and O–H groups in total. The molecule has 0 atom stereocenters. The van der Waals surface area contributed by atoms with Crippen LogP contribution < -0.4 is 0 Å². The highest BCUT2D eigenvalue weighted by molar-refractivity contribution is 7.09. The van der Waals surface area contributed by atoms with Gasteiger partial charge in [0.05, 0.1) is 16.4 Å². The van der Waals surface area contributed by atoms with Crippen LogP contribution in [0.3, 0.4) is 0 Å². The van der Waals surface area contributed by atoms with Crippen LogP contribution in [0, 0.1) is 13.8 Å². The van der Waals surface area contributed by atoms with Crippen LogP contribution in [0.25, 0.3) is 5.65 Å². The molecule has 2 amide bonds. The molecule has 0 bridgehead atoms. The molecule has 5 rings (SSSR count). The van der Waals surface area contributed by atoms with E-state index in [0.29, 0.717) is 41.9 Å². The number of hydrogen-bond acceptors (Lipinski definition) is 7. The van der Waals surface area contributed by atoms with Gasteiger partial charge in [-0.25, -0.2) is 9.50 Å². The molecule has 1 aliphatic carbocycles. The number of aromatic nitrogens is 5. The third-order valence-electron chi connectivity index (χ3n) is 7.24. The first-order chi connectivity index (χ1) is 16.4. The van der Waals surface area contributed by atoms with Crippen molar-refractivity contribution in [2.24, 2.45) is 0 Å². The summed E-state index contributed by atoms with van der Waals surface area (Å²) in [6.07, 6.45) is 7.47. The molecule has 1 aliphatic heterocycles. The molecule has 180 valence electrons. The Morgan fingerprint density at radius 1 is 1.06 bits per heavy atom. The summed E-state index contributed by atoms with van der Waals surface area (Å²) in [7, 11) is 1.91. The first-order valence-corrected chi connectivity index (χ1v) is 13.0. The summed E-state index contributed by atoms with van der Waals surface area (Å²) in [6, 6.07) is 2.18. The lowest BCUT2D eigenvalue weighted by atomic mass is 9.94. The van der Waals surface area contributed by atoms with Crippen LogP contribution in [0.2, 0.25) is 0 Å². The molecule has 0 spiro atoms. The van der Waals surface area contributed by atoms with Crippen molar-refractivity contribution >= 4 is 28.8 Å². The number of amides is 2. The maximum atomic E-state index is 13.2. The Kier molecular flexibility index (Phi) is 6.33. The predicted molar refractivity (Wildman–Crippen MR) is 129 cm³/mol. The number of rotatable bonds is 4. The molecule has 0 unspecified atom stereocenters. The van der Waals surface area contributed by atoms with Gasteiger partial charge in [-0.15, -0.1) is 21.5 Å². The summed E-state index contributed by atoms with van der Waals surface area (Å²) in [6.45, 7) is 5.01. The van der Waals surface area contributed by atoms with E-state index in [-0.39, 0.29) is 17.7 Å². The molecular formula is C24H31N7O2S. The molecule has 34 heavy (non-hydrogen) atoms. The SMILES string of the molecule is Cc1cc2nnc(C(=O)N3CCC(c4nc(C(=O)N(C)C5CCCCC5)cs4)CC3)c(C)n2n1. The van der Waals surface area contributed by atoms with Gasteiger partial charge in [-0.05, 0) is 39.5 Å². The number of nitrogens with zero attached hydrogens (tertiary/aromatic N) is 7. The van der Waals surface area contributed by atoms with Gasteiger partial charge in [-0.3, -0.25) is 9.59 Å². The minimum Gasteiger partial charge on any atom is -0.337 e. The van der Waals surface area contributed by atoms with Crippen molar-refractivity contribution in [2.75, 3.05) is 20.1 Å². The van der Waals surface area contributed by atoms with Crippen LogP contribution in [0.4, 0.5) is 0 Å². The fraction of sp³-hybridized carbons (Fsp3) is 0.583. The number of aryl methyl sites for hydroxylation is 2. The van der Waals surface area contributed by atoms with E-state index >= 15 is 0 Å². The average molecular weight is 482 g/mol. The van der Waals surface area contributed by atoms with E-state index in [2.05, 4.69) is 15.3 Å². The van der Waals surface area contributed by atoms with E-state index in [9.17, 15) is 9.59 Å². The minimum atomic E-state index is -0.109. The summed E-state index contributed by atoms with van der Waals surface area (Å²) in [4.78, 5) is 34.6. The fourth-order valence-electron chi connectivity index (χ4n) is 5.14. The van der Waals surface area contributed by atoms with E-state index in [1.807, 2.05) is 42.1 Å². The lowest BCUT2D eigenvalue weighted by molar-refractivity contribution is 0.0690. The number of likely N-dealkylation sites (tertiary alicyclic amines) is 1. The van der Waals surface area contributed by atoms with Crippen molar-refractivity contribution in [2.45, 2.75) is 70.8 Å². The first kappa shape index (κ1) is 22.9. The van der Waals surface area contributed by atoms with Gasteiger partial charge in [0.25, 0.3) is 11.8 Å². The lowest BCUT2D eigenvalue weighted by Gasteiger charge is -2.31. The van der Waals surface area contributed by atoms with Gasteiger partial charge in [0, 0.05) is 43.5 Å². The molecular weight excluding hydrogens is 450 g/mol. The molecule has 0 radical (unpaired) electrons. The Morgan fingerprint density at radius 3 is 2.53 bits per heavy atom. The Bertz CT molecular complexity index is 1210. The monoisotopic (exact) mass is 481 g/mol. The molecule has 1 saturated heterocycles. The van der Waals surface area contributed by atoms with Gasteiger partial charge in [0.15, 0.2) is 11.3 Å². The summed E-state index contributed by atoms with van der Waals surface area (Å²) in [5.74, 6) is 0.182. The van der Waals surface area contributed by atoms with Gasteiger partial charge in [0.2, 0.25) is 0 Å². The second kappa shape index (κ2) is 9.40. The van der Waals surface area contributed by atoms with Crippen LogP contribution in [0.15, 0.2) is 11.4 Å². The van der Waals surface area contributed by atoms with Gasteiger partial charge in [-0.1, -0.05) is 19.3 Å². The second-order valence-corrected chi connectivity index (χ2v) is 10.4. The largest absolute Gasteiger partial charge is 0.337 e. The van der Waals surface area contributed by atoms with Crippen LogP contribution in [0.1, 0.15) is 88.2 Å². The molecule has 10 heteroatoms. The molecule has 1 saturated carbocycles. The van der Waals surface area contributed by atoms with Crippen LogP contribution in [-0.4, -0.2) is 72.6 Å². The Morgan fingerprint density at radius 2 is 1.79 bits per heavy atom. The zero-order valence-electron chi connectivity index (χ0n) is 20.0. The number of thiazole rings is 1. The lowest BCUT2D eigenvalue weighted by Crippen LogP contribution is -2.39. The number of carbonyl (C=O) groups excluding carboxylic acids is 2. The van der Waals surface area contributed by atoms with Gasteiger partial charge >= 0.3 is 0 Å². The Balaban J connectivity index is 1.22. The Hall–Kier alpha value is -2.88. The van der Waals surface area contributed by atoms with E-state index < -0.39 is 0 Å². The third-order valence-corrected chi connectivity index (χ3v) is 8.25. The minimum absolute atomic E-state index is 0.0281. The molecule has 3 aromatic heterocycles. The fourth-order valence-corrected chi connectivity index (χ4v) is 6.11. The number of fused-ring (bicyclic) bond motifs is 1. The zero-order chi connectivity index (χ0) is 23.8. The average Bonchev–Trinajstić information content (AvgIpc) is 3.51. The maximum Gasteiger partial charge on any atom is 0.276 e. The van der Waals surface area contributed by atoms with Gasteiger partial charge in [-0.2, -0.15) is 5.10 Å². The van der Waals surface area contributed by atoms with E-state index in [0.717, 1.165) is 36.4 Å². The highest BCUT2D eigenvalue weighted by Gasteiger charge is 2.30. The number of hydrogen-bond donors (Lipinski definition) is 0. The normalized spacial score (nSPS) is 17.9. The van der Waals surface area contributed by atoms with E-state index in [4.69, 9.17) is 4.98 Å². The summed E-state index contributed by atoms with van der Waals surface area (Å²) < 4.78 is 1.68. The van der Waals surface area contributed by atoms with E-state index in [1.54, 1.807) is 15.9 Å². The summed E-state index contributed by atoms with van der Waals surface area (Å²) in [5.41, 5.74) is 3.10. The topological polar surface area (TPSA) is 96.6 Å². The number of carbonyl (C=O) groups is 2. The standard InChI is InChI=1S/C24H31N7O2S/c1-15-13-20-26-27-21(16(2)31(20)28-15)24(33)30-11-9-17(10-12-30)22-25-19(14-34-22)23(32)29(3)18-7-5-4-6-8-18/h13-14,17-18H,4-12H2,1-3H3. The van der Waals surface area contributed by atoms with Crippen molar-refractivity contribution in [3.05, 3.63) is 39.2 Å². The quantitative estimate of drug-likeness (QED) is 0.565. The summed E-state index contributed by atoms with van der Waals surface area (Å²) >= 11 is 1.56. The molecule has 2 aliphatic rings. The summed E-state index contributed by atoms with van der Waals surface area (Å²) in [5, 5.41) is 15.7. The molecule has 3 aromatic rings. The highest BCUT2D eigenvalue weighted by Crippen LogP contribution is 2.32. The van der Waals surface area contributed by atoms with Crippen molar-refractivity contribution in [1.82, 2.24) is 34.6 Å². The zero-order valence-corrected chi connectivity index (χ0v) is 20.8. The molecule has 0 aromatic carbocycles. The van der Waals surface area contributed by atoms with Crippen LogP contribution in [0.5, 0.6) is 0 Å². The first-order valence-electron chi connectivity index (χ1n) is 12.1. The highest BCUT2D eigenvalue weighted by atomic mass is 32.1. The van der Waals surface area contributed by atoms with Crippen LogP contribution >= 0.6 is 11.3 Å². The number of piperidine rings is 1. The van der Waals surface area contributed by atoms with E-state index in [1.165, 1.54) is 19.3 Å². The van der Waals surface area contributed by atoms with Crippen LogP contribution in [-0.2, 0) is 0 Å². The van der Waals surface area contributed by atoms with Crippen molar-refractivity contribution in [3.8, 4) is 0 Å². The Labute approximate surface area is 203 Å². The molecule has 2 fully saturated rings. The van der Waals surface area contributed by atoms with Crippen molar-refractivity contribution < 1.29 is 9.59 Å².